The number of ketones is 1. The Bertz CT molecular complexity index is 1930. The summed E-state index contributed by atoms with van der Waals surface area (Å²) < 4.78 is 6.42. The first kappa shape index (κ1) is 43.5. The van der Waals surface area contributed by atoms with E-state index in [1.54, 1.807) is 24.5 Å². The second-order valence-electron chi connectivity index (χ2n) is 22.8. The number of aromatic nitrogens is 1. The Morgan fingerprint density at radius 3 is 2.17 bits per heavy atom. The van der Waals surface area contributed by atoms with E-state index in [0.717, 1.165) is 56.9 Å². The molecule has 0 saturated heterocycles. The van der Waals surface area contributed by atoms with Crippen LogP contribution in [0.3, 0.4) is 0 Å². The molecule has 5 fully saturated rings. The monoisotopic (exact) mass is 814 g/mol. The lowest BCUT2D eigenvalue weighted by Gasteiger charge is -2.72. The van der Waals surface area contributed by atoms with E-state index >= 15 is 0 Å². The molecule has 6 aliphatic rings. The molecule has 10 atom stereocenters. The van der Waals surface area contributed by atoms with Gasteiger partial charge < -0.3 is 20.5 Å². The van der Waals surface area contributed by atoms with Crippen LogP contribution in [0.2, 0.25) is 0 Å². The third-order valence-electron chi connectivity index (χ3n) is 18.2. The summed E-state index contributed by atoms with van der Waals surface area (Å²) in [6, 6.07) is 3.33. The summed E-state index contributed by atoms with van der Waals surface area (Å²) in [7, 11) is 0. The van der Waals surface area contributed by atoms with E-state index in [9.17, 15) is 29.1 Å². The van der Waals surface area contributed by atoms with E-state index in [0.29, 0.717) is 30.2 Å². The maximum atomic E-state index is 14.1. The number of carbonyl (C=O) groups is 5. The number of pyridine rings is 1. The van der Waals surface area contributed by atoms with Crippen molar-refractivity contribution in [1.82, 2.24) is 15.6 Å². The van der Waals surface area contributed by atoms with Crippen molar-refractivity contribution in [2.75, 3.05) is 6.54 Å². The summed E-state index contributed by atoms with van der Waals surface area (Å²) in [6.07, 6.45) is 11.7. The number of nitrogens with zero attached hydrogens (tertiary/aromatic N) is 1. The van der Waals surface area contributed by atoms with E-state index in [2.05, 4.69) is 64.1 Å². The molecule has 1 aromatic heterocycles. The number of rotatable bonds is 10. The largest absolute Gasteiger partial charge is 0.481 e. The highest BCUT2D eigenvalue weighted by Crippen LogP contribution is 2.77. The Balaban J connectivity index is 1.09. The molecule has 2 amide bonds. The van der Waals surface area contributed by atoms with Crippen molar-refractivity contribution >= 4 is 29.5 Å². The van der Waals surface area contributed by atoms with Gasteiger partial charge in [-0.3, -0.25) is 29.0 Å². The normalized spacial score (nSPS) is 38.2. The number of carboxylic acids is 1. The number of amides is 2. The fourth-order valence-electron chi connectivity index (χ4n) is 14.7. The number of nitrogens with one attached hydrogen (secondary N) is 2. The van der Waals surface area contributed by atoms with E-state index < -0.39 is 34.2 Å². The van der Waals surface area contributed by atoms with E-state index in [1.165, 1.54) is 5.57 Å². The number of Topliss-reactive ketones (excluding diaryl/α,β-unsaturated/α-hetero) is 1. The maximum Gasteiger partial charge on any atom is 0.309 e. The molecule has 6 aliphatic carbocycles. The van der Waals surface area contributed by atoms with Crippen molar-refractivity contribution in [2.45, 2.75) is 158 Å². The van der Waals surface area contributed by atoms with Crippen molar-refractivity contribution < 1.29 is 33.8 Å². The number of carboxylic acid groups (broad SMARTS) is 1. The van der Waals surface area contributed by atoms with Crippen LogP contribution in [-0.4, -0.2) is 57.8 Å². The summed E-state index contributed by atoms with van der Waals surface area (Å²) in [6.45, 7) is 24.3. The molecule has 10 nitrogen and oxygen atoms in total. The standard InChI is InChI=1S/C49H71N3O7/c1-28(2)38-33(53)25-49(26-37(54)51-27-43(3,4)52-40(55)29-16-22-50-23-17-29)21-20-47(10)30(39(38)49)12-13-35-46(9)18-15-36(45(7,8)34(46)14-19-48(35,47)11)59-42(58)32-24-31(41(56)57)44(32,5)6/h16-17,22-23,28,30-32,34-36H,12-15,18-21,24-27H2,1-11H3,(H,51,54)(H,52,55)(H,56,57)/t30-,31+,32-,34+,35-,36+,46+,47-,48-,49+/m1/s1. The first-order valence-corrected chi connectivity index (χ1v) is 22.5. The number of carbonyl (C=O) groups excluding carboxylic acids is 4. The van der Waals surface area contributed by atoms with Gasteiger partial charge in [0.1, 0.15) is 6.10 Å². The number of fused-ring (bicyclic) bond motifs is 7. The molecular formula is C49H71N3O7. The fourth-order valence-corrected chi connectivity index (χ4v) is 14.7. The molecule has 0 aromatic carbocycles. The van der Waals surface area contributed by atoms with Crippen molar-refractivity contribution in [2.24, 2.45) is 68.0 Å². The van der Waals surface area contributed by atoms with Gasteiger partial charge in [0, 0.05) is 48.2 Å². The lowest BCUT2D eigenvalue weighted by Crippen LogP contribution is -2.66. The quantitative estimate of drug-likeness (QED) is 0.199. The highest BCUT2D eigenvalue weighted by molar-refractivity contribution is 6.01. The molecule has 1 heterocycles. The minimum absolute atomic E-state index is 0.0226. The smallest absolute Gasteiger partial charge is 0.309 e. The fraction of sp³-hybridized carbons (Fsp3) is 0.755. The summed E-state index contributed by atoms with van der Waals surface area (Å²) in [5, 5.41) is 15.9. The molecular weight excluding hydrogens is 743 g/mol. The van der Waals surface area contributed by atoms with Crippen LogP contribution >= 0.6 is 0 Å². The third kappa shape index (κ3) is 6.79. The molecule has 1 aromatic rings. The highest BCUT2D eigenvalue weighted by Gasteiger charge is 2.70. The molecule has 3 N–H and O–H groups in total. The average molecular weight is 814 g/mol. The summed E-state index contributed by atoms with van der Waals surface area (Å²) in [5.74, 6) is -0.965. The summed E-state index contributed by atoms with van der Waals surface area (Å²) >= 11 is 0. The maximum absolute atomic E-state index is 14.1. The van der Waals surface area contributed by atoms with Gasteiger partial charge in [-0.1, -0.05) is 67.9 Å². The Morgan fingerprint density at radius 2 is 1.54 bits per heavy atom. The molecule has 5 saturated carbocycles. The van der Waals surface area contributed by atoms with Crippen molar-refractivity contribution in [3.63, 3.8) is 0 Å². The molecule has 59 heavy (non-hydrogen) atoms. The number of aliphatic carboxylic acids is 1. The minimum atomic E-state index is -0.840. The van der Waals surface area contributed by atoms with Gasteiger partial charge in [-0.15, -0.1) is 0 Å². The molecule has 0 spiro atoms. The first-order valence-electron chi connectivity index (χ1n) is 22.5. The topological polar surface area (TPSA) is 152 Å². The second kappa shape index (κ2) is 14.5. The lowest BCUT2D eigenvalue weighted by molar-refractivity contribution is -0.236. The van der Waals surface area contributed by atoms with Gasteiger partial charge >= 0.3 is 11.9 Å². The van der Waals surface area contributed by atoms with Gasteiger partial charge in [-0.05, 0) is 135 Å². The zero-order valence-corrected chi connectivity index (χ0v) is 37.7. The second-order valence-corrected chi connectivity index (χ2v) is 22.8. The van der Waals surface area contributed by atoms with Gasteiger partial charge in [0.05, 0.1) is 17.4 Å². The number of hydrogen-bond donors (Lipinski definition) is 3. The summed E-state index contributed by atoms with van der Waals surface area (Å²) in [5.41, 5.74) is 0.730. The Labute approximate surface area is 352 Å². The SMILES string of the molecule is CC(C)C1=C2[C@H]3CC[C@@H]4[C@@]5(C)CC[C@H](OC(=O)[C@H]6C[C@@H](C(=O)O)C6(C)C)C(C)(C)[C@@H]5CC[C@@]4(C)[C@]3(C)CC[C@@]2(CC(=O)NCC(C)(C)NC(=O)c2ccncc2)CC1=O. The molecule has 0 radical (unpaired) electrons. The molecule has 10 heteroatoms. The number of esters is 1. The van der Waals surface area contributed by atoms with Gasteiger partial charge in [-0.2, -0.15) is 0 Å². The van der Waals surface area contributed by atoms with Crippen LogP contribution in [0.15, 0.2) is 35.7 Å². The number of ether oxygens (including phenoxy) is 1. The van der Waals surface area contributed by atoms with E-state index in [-0.39, 0.29) is 76.1 Å². The van der Waals surface area contributed by atoms with E-state index in [4.69, 9.17) is 4.74 Å². The number of hydrogen-bond acceptors (Lipinski definition) is 7. The van der Waals surface area contributed by atoms with E-state index in [1.807, 2.05) is 27.7 Å². The van der Waals surface area contributed by atoms with Crippen molar-refractivity contribution in [1.29, 1.82) is 0 Å². The Kier molecular flexibility index (Phi) is 10.7. The molecule has 0 bridgehead atoms. The van der Waals surface area contributed by atoms with Crippen LogP contribution in [0, 0.1) is 68.0 Å². The zero-order chi connectivity index (χ0) is 43.3. The van der Waals surface area contributed by atoms with Gasteiger partial charge in [-0.25, -0.2) is 0 Å². The zero-order valence-electron chi connectivity index (χ0n) is 37.7. The van der Waals surface area contributed by atoms with Crippen LogP contribution in [0.25, 0.3) is 0 Å². The molecule has 7 rings (SSSR count). The first-order chi connectivity index (χ1) is 27.3. The highest BCUT2D eigenvalue weighted by atomic mass is 16.5. The predicted molar refractivity (Wildman–Crippen MR) is 226 cm³/mol. The number of allylic oxidation sites excluding steroid dienone is 2. The van der Waals surface area contributed by atoms with Gasteiger partial charge in [0.25, 0.3) is 5.91 Å². The lowest BCUT2D eigenvalue weighted by atomic mass is 9.33. The summed E-state index contributed by atoms with van der Waals surface area (Å²) in [4.78, 5) is 70.5. The van der Waals surface area contributed by atoms with Crippen LogP contribution in [0.4, 0.5) is 0 Å². The molecule has 0 aliphatic heterocycles. The van der Waals surface area contributed by atoms with Crippen LogP contribution in [0.5, 0.6) is 0 Å². The van der Waals surface area contributed by atoms with Crippen molar-refractivity contribution in [3.8, 4) is 0 Å². The molecule has 0 unspecified atom stereocenters. The van der Waals surface area contributed by atoms with Crippen LogP contribution < -0.4 is 10.6 Å². The third-order valence-corrected chi connectivity index (χ3v) is 18.2. The Morgan fingerprint density at radius 1 is 0.864 bits per heavy atom. The van der Waals surface area contributed by atoms with Crippen LogP contribution in [0.1, 0.15) is 157 Å². The van der Waals surface area contributed by atoms with Crippen molar-refractivity contribution in [3.05, 3.63) is 41.2 Å². The Hall–Kier alpha value is -3.56. The average Bonchev–Trinajstić information content (AvgIpc) is 3.43. The minimum Gasteiger partial charge on any atom is -0.481 e. The van der Waals surface area contributed by atoms with Crippen LogP contribution in [-0.2, 0) is 23.9 Å². The van der Waals surface area contributed by atoms with Gasteiger partial charge in [0.15, 0.2) is 5.78 Å². The predicted octanol–water partition coefficient (Wildman–Crippen LogP) is 8.74. The van der Waals surface area contributed by atoms with Gasteiger partial charge in [0.2, 0.25) is 5.91 Å². The molecule has 324 valence electrons.